The summed E-state index contributed by atoms with van der Waals surface area (Å²) in [6.45, 7) is 4.71. The van der Waals surface area contributed by atoms with E-state index in [4.69, 9.17) is 0 Å². The van der Waals surface area contributed by atoms with Crippen molar-refractivity contribution in [3.05, 3.63) is 90.0 Å². The van der Waals surface area contributed by atoms with Gasteiger partial charge in [0.25, 0.3) is 0 Å². The second kappa shape index (κ2) is 7.15. The van der Waals surface area contributed by atoms with Crippen LogP contribution in [-0.2, 0) is 5.41 Å². The molecule has 0 aromatic heterocycles. The van der Waals surface area contributed by atoms with Crippen LogP contribution in [-0.4, -0.2) is 11.8 Å². The fourth-order valence-electron chi connectivity index (χ4n) is 5.06. The molecule has 3 aliphatic rings. The SMILES string of the molecule is CC1(C)c2ccccc2N(c2cccc(C3=CCCC(C#N)=N3)c2)C2C=CC=CC21. The molecule has 2 aromatic rings. The molecule has 2 unspecified atom stereocenters. The highest BCUT2D eigenvalue weighted by Crippen LogP contribution is 2.50. The van der Waals surface area contributed by atoms with Crippen molar-refractivity contribution in [2.75, 3.05) is 4.90 Å². The number of hydrogen-bond donors (Lipinski definition) is 0. The van der Waals surface area contributed by atoms with Crippen LogP contribution in [0, 0.1) is 17.2 Å². The van der Waals surface area contributed by atoms with Crippen molar-refractivity contribution in [1.29, 1.82) is 5.26 Å². The van der Waals surface area contributed by atoms with E-state index in [9.17, 15) is 5.26 Å². The third kappa shape index (κ3) is 2.92. The Morgan fingerprint density at radius 2 is 1.90 bits per heavy atom. The van der Waals surface area contributed by atoms with Gasteiger partial charge in [0.2, 0.25) is 0 Å². The predicted octanol–water partition coefficient (Wildman–Crippen LogP) is 6.33. The molecule has 0 N–H and O–H groups in total. The molecule has 5 rings (SSSR count). The molecule has 3 nitrogen and oxygen atoms in total. The maximum Gasteiger partial charge on any atom is 0.118 e. The third-order valence-corrected chi connectivity index (χ3v) is 6.62. The summed E-state index contributed by atoms with van der Waals surface area (Å²) in [4.78, 5) is 7.04. The third-order valence-electron chi connectivity index (χ3n) is 6.62. The molecule has 0 saturated heterocycles. The maximum atomic E-state index is 9.27. The van der Waals surface area contributed by atoms with E-state index in [1.807, 2.05) is 0 Å². The summed E-state index contributed by atoms with van der Waals surface area (Å²) in [5.74, 6) is 0.387. The van der Waals surface area contributed by atoms with Gasteiger partial charge in [0, 0.05) is 34.7 Å². The molecular weight excluding hydrogens is 366 g/mol. The zero-order chi connectivity index (χ0) is 20.7. The number of para-hydroxylation sites is 1. The van der Waals surface area contributed by atoms with Crippen LogP contribution >= 0.6 is 0 Å². The molecule has 0 spiro atoms. The highest BCUT2D eigenvalue weighted by atomic mass is 15.2. The highest BCUT2D eigenvalue weighted by molar-refractivity contribution is 6.02. The van der Waals surface area contributed by atoms with Crippen LogP contribution in [0.3, 0.4) is 0 Å². The summed E-state index contributed by atoms with van der Waals surface area (Å²) in [5.41, 5.74) is 6.43. The Hall–Kier alpha value is -3.38. The molecule has 2 atom stereocenters. The molecule has 0 saturated carbocycles. The fourth-order valence-corrected chi connectivity index (χ4v) is 5.06. The molecule has 2 aliphatic heterocycles. The lowest BCUT2D eigenvalue weighted by Gasteiger charge is -2.50. The van der Waals surface area contributed by atoms with Gasteiger partial charge in [0.15, 0.2) is 0 Å². The van der Waals surface area contributed by atoms with E-state index in [2.05, 4.69) is 109 Å². The largest absolute Gasteiger partial charge is 0.334 e. The molecule has 30 heavy (non-hydrogen) atoms. The van der Waals surface area contributed by atoms with Crippen molar-refractivity contribution >= 4 is 22.8 Å². The first-order chi connectivity index (χ1) is 14.6. The lowest BCUT2D eigenvalue weighted by Crippen LogP contribution is -2.49. The number of rotatable bonds is 2. The Balaban J connectivity index is 1.64. The van der Waals surface area contributed by atoms with Crippen molar-refractivity contribution in [1.82, 2.24) is 0 Å². The number of nitriles is 1. The summed E-state index contributed by atoms with van der Waals surface area (Å²) in [7, 11) is 0. The molecule has 2 heterocycles. The second-order valence-electron chi connectivity index (χ2n) is 8.74. The smallest absolute Gasteiger partial charge is 0.118 e. The van der Waals surface area contributed by atoms with Gasteiger partial charge in [-0.3, -0.25) is 0 Å². The van der Waals surface area contributed by atoms with Crippen LogP contribution in [0.4, 0.5) is 11.4 Å². The Bertz CT molecular complexity index is 1160. The lowest BCUT2D eigenvalue weighted by molar-refractivity contribution is 0.332. The van der Waals surface area contributed by atoms with Crippen LogP contribution in [0.1, 0.15) is 37.8 Å². The van der Waals surface area contributed by atoms with Gasteiger partial charge >= 0.3 is 0 Å². The Morgan fingerprint density at radius 1 is 1.07 bits per heavy atom. The van der Waals surface area contributed by atoms with Gasteiger partial charge in [0.05, 0.1) is 11.7 Å². The van der Waals surface area contributed by atoms with Crippen molar-refractivity contribution < 1.29 is 0 Å². The van der Waals surface area contributed by atoms with E-state index in [1.165, 1.54) is 11.3 Å². The Morgan fingerprint density at radius 3 is 2.77 bits per heavy atom. The van der Waals surface area contributed by atoms with Crippen molar-refractivity contribution in [2.24, 2.45) is 10.9 Å². The van der Waals surface area contributed by atoms with Gasteiger partial charge in [-0.2, -0.15) is 5.26 Å². The maximum absolute atomic E-state index is 9.27. The Labute approximate surface area is 178 Å². The van der Waals surface area contributed by atoms with Crippen LogP contribution in [0.15, 0.2) is 83.9 Å². The zero-order valence-corrected chi connectivity index (χ0v) is 17.4. The first-order valence-corrected chi connectivity index (χ1v) is 10.6. The minimum Gasteiger partial charge on any atom is -0.334 e. The van der Waals surface area contributed by atoms with Crippen LogP contribution in [0.25, 0.3) is 5.70 Å². The summed E-state index contributed by atoms with van der Waals surface area (Å²) >= 11 is 0. The monoisotopic (exact) mass is 391 g/mol. The number of benzene rings is 2. The predicted molar refractivity (Wildman–Crippen MR) is 124 cm³/mol. The number of nitrogens with zero attached hydrogens (tertiary/aromatic N) is 3. The van der Waals surface area contributed by atoms with E-state index < -0.39 is 0 Å². The molecule has 0 bridgehead atoms. The molecule has 148 valence electrons. The molecule has 0 radical (unpaired) electrons. The van der Waals surface area contributed by atoms with Gasteiger partial charge in [-0.1, -0.05) is 74.6 Å². The van der Waals surface area contributed by atoms with Gasteiger partial charge in [-0.15, -0.1) is 0 Å². The van der Waals surface area contributed by atoms with Gasteiger partial charge in [-0.25, -0.2) is 4.99 Å². The molecule has 3 heteroatoms. The summed E-state index contributed by atoms with van der Waals surface area (Å²) in [6.07, 6.45) is 12.7. The first-order valence-electron chi connectivity index (χ1n) is 10.6. The number of anilines is 2. The number of hydrogen-bond acceptors (Lipinski definition) is 3. The summed E-state index contributed by atoms with van der Waals surface area (Å²) in [6, 6.07) is 19.8. The molecule has 0 fully saturated rings. The van der Waals surface area contributed by atoms with E-state index in [0.717, 1.165) is 29.8 Å². The number of allylic oxidation sites excluding steroid dienone is 3. The van der Waals surface area contributed by atoms with Crippen molar-refractivity contribution in [3.63, 3.8) is 0 Å². The Kier molecular flexibility index (Phi) is 4.44. The summed E-state index contributed by atoms with van der Waals surface area (Å²) < 4.78 is 0. The topological polar surface area (TPSA) is 39.4 Å². The quantitative estimate of drug-likeness (QED) is 0.600. The average molecular weight is 392 g/mol. The average Bonchev–Trinajstić information content (AvgIpc) is 2.80. The van der Waals surface area contributed by atoms with Gasteiger partial charge in [-0.05, 0) is 30.2 Å². The van der Waals surface area contributed by atoms with Gasteiger partial charge < -0.3 is 4.90 Å². The number of fused-ring (bicyclic) bond motifs is 2. The van der Waals surface area contributed by atoms with E-state index in [1.54, 1.807) is 0 Å². The minimum atomic E-state index is 0.0501. The minimum absolute atomic E-state index is 0.0501. The standard InChI is InChI=1S/C27H25N3/c1-27(2)22-12-3-5-15-25(22)30(26-16-6-4-13-23(26)27)21-11-7-9-19(17-21)24-14-8-10-20(18-28)29-24/h3-7,9,11-17,22,25H,8,10H2,1-2H3. The summed E-state index contributed by atoms with van der Waals surface area (Å²) in [5, 5.41) is 9.27. The molecule has 2 aromatic carbocycles. The van der Waals surface area contributed by atoms with Crippen molar-refractivity contribution in [2.45, 2.75) is 38.1 Å². The second-order valence-corrected chi connectivity index (χ2v) is 8.74. The van der Waals surface area contributed by atoms with Crippen LogP contribution in [0.5, 0.6) is 0 Å². The zero-order valence-electron chi connectivity index (χ0n) is 17.4. The first kappa shape index (κ1) is 18.6. The van der Waals surface area contributed by atoms with Crippen LogP contribution in [0.2, 0.25) is 0 Å². The molecular formula is C27H25N3. The van der Waals surface area contributed by atoms with Gasteiger partial charge in [0.1, 0.15) is 11.8 Å². The van der Waals surface area contributed by atoms with Crippen molar-refractivity contribution in [3.8, 4) is 6.07 Å². The van der Waals surface area contributed by atoms with E-state index in [-0.39, 0.29) is 11.5 Å². The molecule has 0 amide bonds. The molecule has 1 aliphatic carbocycles. The highest BCUT2D eigenvalue weighted by Gasteiger charge is 2.44. The van der Waals surface area contributed by atoms with Crippen LogP contribution < -0.4 is 4.90 Å². The fraction of sp³-hybridized carbons (Fsp3) is 0.259. The van der Waals surface area contributed by atoms with E-state index in [0.29, 0.717) is 11.6 Å². The normalized spacial score (nSPS) is 23.7. The van der Waals surface area contributed by atoms with E-state index >= 15 is 0 Å². The number of aliphatic imine (C=N–C) groups is 1. The lowest BCUT2D eigenvalue weighted by atomic mass is 9.65.